The highest BCUT2D eigenvalue weighted by Gasteiger charge is 2.32. The summed E-state index contributed by atoms with van der Waals surface area (Å²) < 4.78 is 10.7. The smallest absolute Gasteiger partial charge is 0.431 e. The van der Waals surface area contributed by atoms with E-state index in [-0.39, 0.29) is 23.2 Å². The number of carbonyl (C=O) groups excluding carboxylic acids is 2. The van der Waals surface area contributed by atoms with Gasteiger partial charge in [0.1, 0.15) is 6.07 Å². The third kappa shape index (κ3) is 3.34. The van der Waals surface area contributed by atoms with Gasteiger partial charge in [-0.05, 0) is 38.8 Å². The van der Waals surface area contributed by atoms with Gasteiger partial charge in [-0.3, -0.25) is 9.78 Å². The second-order valence-electron chi connectivity index (χ2n) is 7.60. The lowest BCUT2D eigenvalue weighted by atomic mass is 9.90. The summed E-state index contributed by atoms with van der Waals surface area (Å²) in [5.74, 6) is 0.0770. The van der Waals surface area contributed by atoms with Crippen LogP contribution in [0, 0.1) is 25.2 Å². The van der Waals surface area contributed by atoms with Crippen LogP contribution in [0.5, 0.6) is 5.75 Å². The van der Waals surface area contributed by atoms with Crippen molar-refractivity contribution in [1.29, 1.82) is 5.26 Å². The fraction of sp³-hybridized carbons (Fsp3) is 0.200. The first-order valence-corrected chi connectivity index (χ1v) is 9.90. The number of fused-ring (bicyclic) bond motifs is 3. The molecule has 31 heavy (non-hydrogen) atoms. The molecule has 0 bridgehead atoms. The Morgan fingerprint density at radius 3 is 2.26 bits per heavy atom. The summed E-state index contributed by atoms with van der Waals surface area (Å²) in [6.45, 7) is 6.87. The number of ketones is 1. The Bertz CT molecular complexity index is 1290. The number of benzene rings is 2. The molecule has 0 saturated heterocycles. The van der Waals surface area contributed by atoms with E-state index in [2.05, 4.69) is 11.1 Å². The Hall–Kier alpha value is -3.98. The van der Waals surface area contributed by atoms with E-state index >= 15 is 0 Å². The van der Waals surface area contributed by atoms with Gasteiger partial charge in [0, 0.05) is 22.3 Å². The highest BCUT2D eigenvalue weighted by Crippen LogP contribution is 2.47. The van der Waals surface area contributed by atoms with E-state index in [4.69, 9.17) is 9.47 Å². The molecule has 0 N–H and O–H groups in total. The Morgan fingerprint density at radius 2 is 1.58 bits per heavy atom. The number of nitrogens with zero attached hydrogens (tertiary/aromatic N) is 2. The van der Waals surface area contributed by atoms with Crippen LogP contribution >= 0.6 is 0 Å². The van der Waals surface area contributed by atoms with Gasteiger partial charge in [0.25, 0.3) is 0 Å². The Balaban J connectivity index is 2.02. The maximum Gasteiger partial charge on any atom is 0.514 e. The lowest BCUT2D eigenvalue weighted by Crippen LogP contribution is -2.17. The van der Waals surface area contributed by atoms with Crippen LogP contribution in [-0.2, 0) is 4.74 Å². The zero-order chi connectivity index (χ0) is 22.3. The Labute approximate surface area is 180 Å². The Kier molecular flexibility index (Phi) is 5.04. The number of rotatable bonds is 3. The van der Waals surface area contributed by atoms with Crippen LogP contribution < -0.4 is 4.74 Å². The number of hydrogen-bond acceptors (Lipinski definition) is 6. The van der Waals surface area contributed by atoms with E-state index < -0.39 is 6.16 Å². The molecule has 1 aromatic heterocycles. The summed E-state index contributed by atoms with van der Waals surface area (Å²) in [7, 11) is 0. The highest BCUT2D eigenvalue weighted by molar-refractivity contribution is 6.24. The van der Waals surface area contributed by atoms with E-state index in [1.165, 1.54) is 0 Å². The number of aromatic nitrogens is 1. The van der Waals surface area contributed by atoms with Crippen LogP contribution in [0.3, 0.4) is 0 Å². The Morgan fingerprint density at radius 1 is 0.935 bits per heavy atom. The molecule has 154 valence electrons. The van der Waals surface area contributed by atoms with Gasteiger partial charge in [0.05, 0.1) is 23.1 Å². The summed E-state index contributed by atoms with van der Waals surface area (Å²) in [6.07, 6.45) is -1.24. The molecule has 1 aliphatic carbocycles. The molecule has 4 rings (SSSR count). The number of hydrogen-bond donors (Lipinski definition) is 0. The average Bonchev–Trinajstić information content (AvgIpc) is 3.02. The zero-order valence-electron chi connectivity index (χ0n) is 17.6. The SMILES string of the molecule is Cc1nc(C)c(OC(=O)OC(C)C)c(-c2cccc3c2-c2ccccc2C3=O)c1C#N. The second-order valence-corrected chi connectivity index (χ2v) is 7.60. The quantitative estimate of drug-likeness (QED) is 0.420. The minimum atomic E-state index is -0.877. The molecule has 1 heterocycles. The van der Waals surface area contributed by atoms with Crippen LogP contribution in [0.25, 0.3) is 22.3 Å². The molecule has 0 atom stereocenters. The molecule has 3 aromatic rings. The summed E-state index contributed by atoms with van der Waals surface area (Å²) in [4.78, 5) is 29.7. The van der Waals surface area contributed by atoms with Gasteiger partial charge in [-0.2, -0.15) is 5.26 Å². The molecule has 1 aliphatic rings. The van der Waals surface area contributed by atoms with Crippen LogP contribution in [0.2, 0.25) is 0 Å². The van der Waals surface area contributed by atoms with Gasteiger partial charge in [-0.25, -0.2) is 4.79 Å². The standard InChI is InChI=1S/C25H20N2O4/c1-13(2)30-25(29)31-24-15(4)27-14(3)20(12-26)22(24)18-10-7-11-19-21(18)16-8-5-6-9-17(16)23(19)28/h5-11,13H,1-4H3. The van der Waals surface area contributed by atoms with Crippen molar-refractivity contribution in [3.8, 4) is 34.1 Å². The van der Waals surface area contributed by atoms with Crippen LogP contribution in [0.4, 0.5) is 4.79 Å². The molecule has 0 fully saturated rings. The van der Waals surface area contributed by atoms with Gasteiger partial charge in [-0.1, -0.05) is 42.5 Å². The molecule has 0 saturated carbocycles. The predicted molar refractivity (Wildman–Crippen MR) is 115 cm³/mol. The van der Waals surface area contributed by atoms with Crippen molar-refractivity contribution in [3.63, 3.8) is 0 Å². The number of aryl methyl sites for hydroxylation is 2. The van der Waals surface area contributed by atoms with Crippen molar-refractivity contribution in [2.75, 3.05) is 0 Å². The van der Waals surface area contributed by atoms with Crippen LogP contribution in [0.15, 0.2) is 42.5 Å². The molecule has 0 spiro atoms. The molecular weight excluding hydrogens is 392 g/mol. The molecule has 0 amide bonds. The van der Waals surface area contributed by atoms with Crippen molar-refractivity contribution in [3.05, 3.63) is 70.5 Å². The molecule has 0 aliphatic heterocycles. The second kappa shape index (κ2) is 7.69. The number of nitriles is 1. The maximum atomic E-state index is 13.0. The largest absolute Gasteiger partial charge is 0.514 e. The summed E-state index contributed by atoms with van der Waals surface area (Å²) in [6, 6.07) is 14.9. The van der Waals surface area contributed by atoms with E-state index in [0.29, 0.717) is 39.2 Å². The number of carbonyl (C=O) groups is 2. The third-order valence-corrected chi connectivity index (χ3v) is 5.15. The summed E-state index contributed by atoms with van der Waals surface area (Å²) >= 11 is 0. The van der Waals surface area contributed by atoms with Crippen molar-refractivity contribution < 1.29 is 19.1 Å². The normalized spacial score (nSPS) is 11.7. The van der Waals surface area contributed by atoms with Gasteiger partial charge in [0.15, 0.2) is 11.5 Å². The van der Waals surface area contributed by atoms with E-state index in [0.717, 1.165) is 5.56 Å². The highest BCUT2D eigenvalue weighted by atomic mass is 16.7. The molecule has 0 radical (unpaired) electrons. The lowest BCUT2D eigenvalue weighted by molar-refractivity contribution is 0.0726. The van der Waals surface area contributed by atoms with Crippen molar-refractivity contribution in [2.24, 2.45) is 0 Å². The van der Waals surface area contributed by atoms with Gasteiger partial charge in [0.2, 0.25) is 0 Å². The zero-order valence-corrected chi connectivity index (χ0v) is 17.6. The van der Waals surface area contributed by atoms with Crippen molar-refractivity contribution >= 4 is 11.9 Å². The maximum absolute atomic E-state index is 13.0. The van der Waals surface area contributed by atoms with Crippen molar-refractivity contribution in [1.82, 2.24) is 4.98 Å². The summed E-state index contributed by atoms with van der Waals surface area (Å²) in [5, 5.41) is 9.92. The molecule has 6 nitrogen and oxygen atoms in total. The monoisotopic (exact) mass is 412 g/mol. The number of pyridine rings is 1. The minimum absolute atomic E-state index is 0.0739. The summed E-state index contributed by atoms with van der Waals surface area (Å²) in [5.41, 5.74) is 4.94. The number of ether oxygens (including phenoxy) is 2. The topological polar surface area (TPSA) is 89.3 Å². The third-order valence-electron chi connectivity index (χ3n) is 5.15. The van der Waals surface area contributed by atoms with Crippen molar-refractivity contribution in [2.45, 2.75) is 33.8 Å². The fourth-order valence-corrected chi connectivity index (χ4v) is 3.94. The van der Waals surface area contributed by atoms with Crippen LogP contribution in [-0.4, -0.2) is 23.0 Å². The molecular formula is C25H20N2O4. The molecule has 0 unspecified atom stereocenters. The molecule has 6 heteroatoms. The van der Waals surface area contributed by atoms with E-state index in [1.807, 2.05) is 24.3 Å². The minimum Gasteiger partial charge on any atom is -0.431 e. The predicted octanol–water partition coefficient (Wildman–Crippen LogP) is 5.37. The van der Waals surface area contributed by atoms with Gasteiger partial charge < -0.3 is 9.47 Å². The van der Waals surface area contributed by atoms with Crippen LogP contribution in [0.1, 0.15) is 46.7 Å². The lowest BCUT2D eigenvalue weighted by Gasteiger charge is -2.18. The average molecular weight is 412 g/mol. The van der Waals surface area contributed by atoms with Gasteiger partial charge in [-0.15, -0.1) is 0 Å². The van der Waals surface area contributed by atoms with E-state index in [1.54, 1.807) is 45.9 Å². The molecule has 2 aromatic carbocycles. The van der Waals surface area contributed by atoms with E-state index in [9.17, 15) is 14.9 Å². The van der Waals surface area contributed by atoms with Gasteiger partial charge >= 0.3 is 6.16 Å². The first-order chi connectivity index (χ1) is 14.8. The fourth-order valence-electron chi connectivity index (χ4n) is 3.94. The first-order valence-electron chi connectivity index (χ1n) is 9.90. The first kappa shape index (κ1) is 20.3.